The molecule has 0 radical (unpaired) electrons. The molecule has 0 spiro atoms. The molecule has 1 aliphatic rings. The van der Waals surface area contributed by atoms with Gasteiger partial charge in [0.2, 0.25) is 0 Å². The number of rotatable bonds is 5. The van der Waals surface area contributed by atoms with E-state index in [0.29, 0.717) is 18.0 Å². The van der Waals surface area contributed by atoms with Crippen molar-refractivity contribution in [2.24, 2.45) is 0 Å². The smallest absolute Gasteiger partial charge is 0.338 e. The molecule has 9 heteroatoms. The quantitative estimate of drug-likeness (QED) is 0.700. The van der Waals surface area contributed by atoms with Crippen LogP contribution in [0.5, 0.6) is 0 Å². The van der Waals surface area contributed by atoms with Gasteiger partial charge in [0.25, 0.3) is 5.91 Å². The molecule has 1 amide bonds. The zero-order valence-corrected chi connectivity index (χ0v) is 16.2. The van der Waals surface area contributed by atoms with E-state index in [2.05, 4.69) is 0 Å². The molecule has 138 valence electrons. The number of nitrogens with zero attached hydrogens (tertiary/aromatic N) is 1. The standard InChI is InChI=1S/C16H19Cl2NO5S/c1-3-19(12-6-7-25(22,23)9-12)15(20)10(2)24-16(21)11-4-5-13(17)14(18)8-11/h4-5,8,10,12H,3,6-7,9H2,1-2H3/t10-,12+/m0/s1. The third-order valence-electron chi connectivity index (χ3n) is 4.06. The van der Waals surface area contributed by atoms with E-state index in [1.165, 1.54) is 30.0 Å². The highest BCUT2D eigenvalue weighted by molar-refractivity contribution is 7.91. The fraction of sp³-hybridized carbons (Fsp3) is 0.500. The van der Waals surface area contributed by atoms with Gasteiger partial charge in [-0.2, -0.15) is 0 Å². The van der Waals surface area contributed by atoms with Crippen molar-refractivity contribution in [3.8, 4) is 0 Å². The lowest BCUT2D eigenvalue weighted by molar-refractivity contribution is -0.141. The molecule has 2 rings (SSSR count). The second-order valence-electron chi connectivity index (χ2n) is 5.86. The largest absolute Gasteiger partial charge is 0.449 e. The number of ether oxygens (including phenoxy) is 1. The predicted molar refractivity (Wildman–Crippen MR) is 95.8 cm³/mol. The Morgan fingerprint density at radius 1 is 1.32 bits per heavy atom. The number of carbonyl (C=O) groups excluding carboxylic acids is 2. The highest BCUT2D eigenvalue weighted by atomic mass is 35.5. The molecule has 2 atom stereocenters. The van der Waals surface area contributed by atoms with E-state index in [-0.39, 0.29) is 28.1 Å². The molecular formula is C16H19Cl2NO5S. The van der Waals surface area contributed by atoms with Gasteiger partial charge in [0.1, 0.15) is 0 Å². The maximum Gasteiger partial charge on any atom is 0.338 e. The van der Waals surface area contributed by atoms with Crippen molar-refractivity contribution in [2.45, 2.75) is 32.4 Å². The van der Waals surface area contributed by atoms with Gasteiger partial charge in [-0.3, -0.25) is 4.79 Å². The van der Waals surface area contributed by atoms with Crippen LogP contribution in [0.25, 0.3) is 0 Å². The van der Waals surface area contributed by atoms with Crippen LogP contribution in [0.1, 0.15) is 30.6 Å². The Bertz CT molecular complexity index is 781. The first-order chi connectivity index (χ1) is 11.6. The molecule has 25 heavy (non-hydrogen) atoms. The van der Waals surface area contributed by atoms with E-state index < -0.39 is 27.8 Å². The zero-order chi connectivity index (χ0) is 18.8. The van der Waals surface area contributed by atoms with Crippen molar-refractivity contribution in [3.63, 3.8) is 0 Å². The molecule has 0 aliphatic carbocycles. The average Bonchev–Trinajstić information content (AvgIpc) is 2.90. The third-order valence-corrected chi connectivity index (χ3v) is 6.55. The number of amides is 1. The number of carbonyl (C=O) groups is 2. The number of sulfone groups is 1. The molecular weight excluding hydrogens is 389 g/mol. The molecule has 6 nitrogen and oxygen atoms in total. The van der Waals surface area contributed by atoms with Crippen LogP contribution in [0.4, 0.5) is 0 Å². The predicted octanol–water partition coefficient (Wildman–Crippen LogP) is 2.57. The monoisotopic (exact) mass is 407 g/mol. The van der Waals surface area contributed by atoms with Crippen molar-refractivity contribution in [1.82, 2.24) is 4.90 Å². The van der Waals surface area contributed by atoms with Crippen LogP contribution in [0.2, 0.25) is 10.0 Å². The molecule has 1 aliphatic heterocycles. The van der Waals surface area contributed by atoms with Gasteiger partial charge in [0.15, 0.2) is 15.9 Å². The number of hydrogen-bond acceptors (Lipinski definition) is 5. The summed E-state index contributed by atoms with van der Waals surface area (Å²) in [7, 11) is -3.11. The second-order valence-corrected chi connectivity index (χ2v) is 8.90. The minimum Gasteiger partial charge on any atom is -0.449 e. The van der Waals surface area contributed by atoms with Crippen LogP contribution >= 0.6 is 23.2 Å². The van der Waals surface area contributed by atoms with E-state index in [1.807, 2.05) is 0 Å². The molecule has 1 aromatic rings. The molecule has 1 heterocycles. The topological polar surface area (TPSA) is 80.8 Å². The number of benzene rings is 1. The maximum absolute atomic E-state index is 12.6. The van der Waals surface area contributed by atoms with E-state index >= 15 is 0 Å². The fourth-order valence-corrected chi connectivity index (χ4v) is 4.78. The molecule has 1 aromatic carbocycles. The average molecular weight is 408 g/mol. The Labute approximate surface area is 157 Å². The summed E-state index contributed by atoms with van der Waals surface area (Å²) in [5.41, 5.74) is 0.181. The fourth-order valence-electron chi connectivity index (χ4n) is 2.75. The normalized spacial score (nSPS) is 20.1. The zero-order valence-electron chi connectivity index (χ0n) is 13.9. The van der Waals surface area contributed by atoms with Crippen molar-refractivity contribution in [2.75, 3.05) is 18.1 Å². The van der Waals surface area contributed by atoms with Crippen molar-refractivity contribution in [3.05, 3.63) is 33.8 Å². The highest BCUT2D eigenvalue weighted by Crippen LogP contribution is 2.23. The van der Waals surface area contributed by atoms with Gasteiger partial charge in [0, 0.05) is 12.6 Å². The lowest BCUT2D eigenvalue weighted by Crippen LogP contribution is -2.46. The lowest BCUT2D eigenvalue weighted by Gasteiger charge is -2.29. The van der Waals surface area contributed by atoms with Crippen LogP contribution in [0, 0.1) is 0 Å². The van der Waals surface area contributed by atoms with Crippen LogP contribution in [-0.2, 0) is 19.4 Å². The van der Waals surface area contributed by atoms with Crippen LogP contribution in [-0.4, -0.2) is 55.4 Å². The Morgan fingerprint density at radius 2 is 2.00 bits per heavy atom. The number of hydrogen-bond donors (Lipinski definition) is 0. The van der Waals surface area contributed by atoms with E-state index in [0.717, 1.165) is 0 Å². The minimum absolute atomic E-state index is 0.0555. The Morgan fingerprint density at radius 3 is 2.52 bits per heavy atom. The summed E-state index contributed by atoms with van der Waals surface area (Å²) in [5.74, 6) is -1.11. The van der Waals surface area contributed by atoms with Gasteiger partial charge in [-0.1, -0.05) is 23.2 Å². The Balaban J connectivity index is 2.05. The first-order valence-electron chi connectivity index (χ1n) is 7.81. The molecule has 0 saturated carbocycles. The summed E-state index contributed by atoms with van der Waals surface area (Å²) in [5, 5.41) is 0.517. The van der Waals surface area contributed by atoms with Gasteiger partial charge in [-0.15, -0.1) is 0 Å². The summed E-state index contributed by atoms with van der Waals surface area (Å²) < 4.78 is 28.5. The van der Waals surface area contributed by atoms with Gasteiger partial charge < -0.3 is 9.64 Å². The summed E-state index contributed by atoms with van der Waals surface area (Å²) in [6.45, 7) is 3.56. The summed E-state index contributed by atoms with van der Waals surface area (Å²) >= 11 is 11.7. The molecule has 0 aromatic heterocycles. The Kier molecular flexibility index (Phi) is 6.35. The van der Waals surface area contributed by atoms with Crippen molar-refractivity contribution >= 4 is 44.9 Å². The maximum atomic E-state index is 12.6. The van der Waals surface area contributed by atoms with Crippen molar-refractivity contribution in [1.29, 1.82) is 0 Å². The first kappa shape index (κ1) is 20.0. The van der Waals surface area contributed by atoms with Crippen LogP contribution in [0.15, 0.2) is 18.2 Å². The number of esters is 1. The van der Waals surface area contributed by atoms with Crippen molar-refractivity contribution < 1.29 is 22.7 Å². The van der Waals surface area contributed by atoms with Crippen LogP contribution < -0.4 is 0 Å². The van der Waals surface area contributed by atoms with Crippen LogP contribution in [0.3, 0.4) is 0 Å². The number of halogens is 2. The lowest BCUT2D eigenvalue weighted by atomic mass is 10.2. The van der Waals surface area contributed by atoms with Gasteiger partial charge in [-0.25, -0.2) is 13.2 Å². The Hall–Kier alpha value is -1.31. The number of likely N-dealkylation sites (N-methyl/N-ethyl adjacent to an activating group) is 1. The summed E-state index contributed by atoms with van der Waals surface area (Å²) in [6.07, 6.45) is -0.639. The summed E-state index contributed by atoms with van der Waals surface area (Å²) in [4.78, 5) is 26.2. The second kappa shape index (κ2) is 7.93. The molecule has 0 unspecified atom stereocenters. The molecule has 1 saturated heterocycles. The van der Waals surface area contributed by atoms with Gasteiger partial charge in [0.05, 0.1) is 27.1 Å². The van der Waals surface area contributed by atoms with E-state index in [4.69, 9.17) is 27.9 Å². The molecule has 0 bridgehead atoms. The van der Waals surface area contributed by atoms with E-state index in [9.17, 15) is 18.0 Å². The minimum atomic E-state index is -3.11. The third kappa shape index (κ3) is 4.86. The van der Waals surface area contributed by atoms with Gasteiger partial charge >= 0.3 is 5.97 Å². The summed E-state index contributed by atoms with van der Waals surface area (Å²) in [6, 6.07) is 3.90. The SMILES string of the molecule is CCN(C(=O)[C@H](C)OC(=O)c1ccc(Cl)c(Cl)c1)[C@@H]1CCS(=O)(=O)C1. The first-order valence-corrected chi connectivity index (χ1v) is 10.4. The molecule has 0 N–H and O–H groups in total. The highest BCUT2D eigenvalue weighted by Gasteiger charge is 2.36. The molecule has 1 fully saturated rings. The van der Waals surface area contributed by atoms with E-state index in [1.54, 1.807) is 6.92 Å². The van der Waals surface area contributed by atoms with Gasteiger partial charge in [-0.05, 0) is 38.5 Å².